The lowest BCUT2D eigenvalue weighted by Crippen LogP contribution is -2.20. The van der Waals surface area contributed by atoms with Gasteiger partial charge >= 0.3 is 0 Å². The van der Waals surface area contributed by atoms with Crippen LogP contribution in [0.15, 0.2) is 18.8 Å². The first-order valence-electron chi connectivity index (χ1n) is 5.31. The van der Waals surface area contributed by atoms with Crippen LogP contribution in [-0.2, 0) is 16.0 Å². The molecule has 84 valence electrons. The van der Waals surface area contributed by atoms with Crippen LogP contribution in [0, 0.1) is 0 Å². The van der Waals surface area contributed by atoms with E-state index in [1.807, 2.05) is 13.0 Å². The number of pyridine rings is 1. The van der Waals surface area contributed by atoms with E-state index in [0.717, 1.165) is 17.5 Å². The van der Waals surface area contributed by atoms with Crippen LogP contribution in [-0.4, -0.2) is 17.5 Å². The molecule has 0 saturated carbocycles. The molecule has 16 heavy (non-hydrogen) atoms. The van der Waals surface area contributed by atoms with Gasteiger partial charge in [-0.2, -0.15) is 0 Å². The van der Waals surface area contributed by atoms with Crippen molar-refractivity contribution in [1.82, 2.24) is 4.98 Å². The van der Waals surface area contributed by atoms with Crippen molar-refractivity contribution in [2.45, 2.75) is 19.8 Å². The fourth-order valence-corrected chi connectivity index (χ4v) is 1.67. The quantitative estimate of drug-likeness (QED) is 0.789. The fourth-order valence-electron chi connectivity index (χ4n) is 1.67. The normalized spacial score (nSPS) is 13.9. The molecular formula is C12H14N2O2. The summed E-state index contributed by atoms with van der Waals surface area (Å²) in [6.45, 7) is 6.33. The summed E-state index contributed by atoms with van der Waals surface area (Å²) >= 11 is 0. The fraction of sp³-hybridized carbons (Fsp3) is 0.333. The maximum atomic E-state index is 11.2. The molecule has 0 unspecified atom stereocenters. The van der Waals surface area contributed by atoms with Crippen molar-refractivity contribution in [1.29, 1.82) is 0 Å². The number of hydrogen-bond acceptors (Lipinski definition) is 3. The van der Waals surface area contributed by atoms with Gasteiger partial charge in [0.1, 0.15) is 11.6 Å². The number of anilines is 1. The van der Waals surface area contributed by atoms with Gasteiger partial charge in [0, 0.05) is 18.2 Å². The number of amides is 1. The van der Waals surface area contributed by atoms with Gasteiger partial charge in [0.25, 0.3) is 0 Å². The zero-order valence-corrected chi connectivity index (χ0v) is 9.25. The Morgan fingerprint density at radius 3 is 3.19 bits per heavy atom. The molecule has 2 rings (SSSR count). The van der Waals surface area contributed by atoms with Crippen LogP contribution in [0.4, 0.5) is 5.82 Å². The van der Waals surface area contributed by atoms with Crippen LogP contribution < -0.4 is 5.32 Å². The van der Waals surface area contributed by atoms with Gasteiger partial charge in [-0.25, -0.2) is 4.98 Å². The van der Waals surface area contributed by atoms with Gasteiger partial charge in [-0.1, -0.05) is 6.58 Å². The number of aryl methyl sites for hydroxylation is 1. The van der Waals surface area contributed by atoms with Crippen molar-refractivity contribution in [2.75, 3.05) is 11.9 Å². The Labute approximate surface area is 94.3 Å². The molecule has 0 aromatic carbocycles. The molecule has 0 aliphatic carbocycles. The number of ether oxygens (including phenoxy) is 1. The monoisotopic (exact) mass is 218 g/mol. The zero-order valence-electron chi connectivity index (χ0n) is 9.25. The van der Waals surface area contributed by atoms with Crippen LogP contribution in [0.25, 0.3) is 5.76 Å². The van der Waals surface area contributed by atoms with Crippen molar-refractivity contribution in [3.63, 3.8) is 0 Å². The first kappa shape index (κ1) is 10.7. The molecule has 0 bridgehead atoms. The third kappa shape index (κ3) is 2.05. The van der Waals surface area contributed by atoms with Gasteiger partial charge < -0.3 is 10.1 Å². The molecule has 1 aromatic rings. The van der Waals surface area contributed by atoms with Gasteiger partial charge in [-0.05, 0) is 25.0 Å². The third-order valence-corrected chi connectivity index (χ3v) is 2.49. The number of fused-ring (bicyclic) bond motifs is 1. The Kier molecular flexibility index (Phi) is 2.90. The number of aromatic nitrogens is 1. The molecule has 0 saturated heterocycles. The van der Waals surface area contributed by atoms with E-state index in [9.17, 15) is 4.79 Å². The van der Waals surface area contributed by atoms with Gasteiger partial charge in [-0.3, -0.25) is 4.79 Å². The highest BCUT2D eigenvalue weighted by molar-refractivity contribution is 5.92. The highest BCUT2D eigenvalue weighted by Crippen LogP contribution is 2.23. The molecular weight excluding hydrogens is 204 g/mol. The second-order valence-corrected chi connectivity index (χ2v) is 3.64. The SMILES string of the molecule is C=C(OCC)c1cnc2c(c1)CCC(=O)N2. The number of nitrogens with zero attached hydrogens (tertiary/aromatic N) is 1. The van der Waals surface area contributed by atoms with Gasteiger partial charge in [0.2, 0.25) is 5.91 Å². The van der Waals surface area contributed by atoms with Crippen molar-refractivity contribution in [3.05, 3.63) is 30.0 Å². The molecule has 1 aromatic heterocycles. The van der Waals surface area contributed by atoms with Crippen LogP contribution >= 0.6 is 0 Å². The minimum Gasteiger partial charge on any atom is -0.494 e. The number of rotatable bonds is 3. The van der Waals surface area contributed by atoms with Crippen LogP contribution in [0.1, 0.15) is 24.5 Å². The summed E-state index contributed by atoms with van der Waals surface area (Å²) in [7, 11) is 0. The maximum absolute atomic E-state index is 11.2. The Morgan fingerprint density at radius 2 is 2.44 bits per heavy atom. The van der Waals surface area contributed by atoms with E-state index >= 15 is 0 Å². The summed E-state index contributed by atoms with van der Waals surface area (Å²) in [4.78, 5) is 15.4. The highest BCUT2D eigenvalue weighted by atomic mass is 16.5. The number of nitrogens with one attached hydrogen (secondary N) is 1. The Hall–Kier alpha value is -1.84. The van der Waals surface area contributed by atoms with Crippen molar-refractivity contribution in [2.24, 2.45) is 0 Å². The molecule has 1 aliphatic rings. The van der Waals surface area contributed by atoms with E-state index in [4.69, 9.17) is 4.74 Å². The third-order valence-electron chi connectivity index (χ3n) is 2.49. The minimum absolute atomic E-state index is 0.0244. The molecule has 2 heterocycles. The van der Waals surface area contributed by atoms with Crippen molar-refractivity contribution < 1.29 is 9.53 Å². The lowest BCUT2D eigenvalue weighted by molar-refractivity contribution is -0.116. The first-order chi connectivity index (χ1) is 7.70. The van der Waals surface area contributed by atoms with E-state index < -0.39 is 0 Å². The zero-order chi connectivity index (χ0) is 11.5. The van der Waals surface area contributed by atoms with Crippen LogP contribution in [0.5, 0.6) is 0 Å². The van der Waals surface area contributed by atoms with Crippen molar-refractivity contribution >= 4 is 17.5 Å². The maximum Gasteiger partial charge on any atom is 0.225 e. The second-order valence-electron chi connectivity index (χ2n) is 3.64. The molecule has 1 amide bonds. The van der Waals surface area contributed by atoms with Gasteiger partial charge in [0.15, 0.2) is 0 Å². The van der Waals surface area contributed by atoms with E-state index in [1.54, 1.807) is 6.20 Å². The smallest absolute Gasteiger partial charge is 0.225 e. The largest absolute Gasteiger partial charge is 0.494 e. The average molecular weight is 218 g/mol. The molecule has 0 radical (unpaired) electrons. The lowest BCUT2D eigenvalue weighted by Gasteiger charge is -2.16. The average Bonchev–Trinajstić information content (AvgIpc) is 2.28. The van der Waals surface area contributed by atoms with Crippen molar-refractivity contribution in [3.8, 4) is 0 Å². The molecule has 0 atom stereocenters. The second kappa shape index (κ2) is 4.35. The number of carbonyl (C=O) groups is 1. The summed E-state index contributed by atoms with van der Waals surface area (Å²) in [6.07, 6.45) is 2.91. The van der Waals surface area contributed by atoms with Gasteiger partial charge in [-0.15, -0.1) is 0 Å². The standard InChI is InChI=1S/C12H14N2O2/c1-3-16-8(2)10-6-9-4-5-11(15)14-12(9)13-7-10/h6-7H,2-5H2,1H3,(H,13,14,15). The summed E-state index contributed by atoms with van der Waals surface area (Å²) in [6, 6.07) is 1.97. The van der Waals surface area contributed by atoms with E-state index in [2.05, 4.69) is 16.9 Å². The lowest BCUT2D eigenvalue weighted by atomic mass is 10.0. The number of carbonyl (C=O) groups excluding carboxylic acids is 1. The van der Waals surface area contributed by atoms with Crippen LogP contribution in [0.3, 0.4) is 0 Å². The first-order valence-corrected chi connectivity index (χ1v) is 5.31. The predicted molar refractivity (Wildman–Crippen MR) is 61.8 cm³/mol. The molecule has 0 fully saturated rings. The summed E-state index contributed by atoms with van der Waals surface area (Å²) in [5.41, 5.74) is 1.91. The molecule has 1 N–H and O–H groups in total. The minimum atomic E-state index is 0.0244. The predicted octanol–water partition coefficient (Wildman–Crippen LogP) is 1.97. The Bertz CT molecular complexity index is 441. The molecule has 0 spiro atoms. The molecule has 4 heteroatoms. The van der Waals surface area contributed by atoms with Gasteiger partial charge in [0.05, 0.1) is 6.61 Å². The summed E-state index contributed by atoms with van der Waals surface area (Å²) in [5, 5.41) is 2.74. The molecule has 1 aliphatic heterocycles. The highest BCUT2D eigenvalue weighted by Gasteiger charge is 2.16. The summed E-state index contributed by atoms with van der Waals surface area (Å²) in [5.74, 6) is 1.30. The Morgan fingerprint density at radius 1 is 1.62 bits per heavy atom. The van der Waals surface area contributed by atoms with E-state index in [-0.39, 0.29) is 5.91 Å². The summed E-state index contributed by atoms with van der Waals surface area (Å²) < 4.78 is 5.32. The van der Waals surface area contributed by atoms with Crippen LogP contribution in [0.2, 0.25) is 0 Å². The topological polar surface area (TPSA) is 51.2 Å². The number of hydrogen-bond donors (Lipinski definition) is 1. The van der Waals surface area contributed by atoms with E-state index in [1.165, 1.54) is 0 Å². The Balaban J connectivity index is 2.26. The molecule has 4 nitrogen and oxygen atoms in total. The van der Waals surface area contributed by atoms with E-state index in [0.29, 0.717) is 24.6 Å².